The summed E-state index contributed by atoms with van der Waals surface area (Å²) in [5, 5.41) is 32.1. The van der Waals surface area contributed by atoms with Crippen molar-refractivity contribution < 1.29 is 39.2 Å². The predicted octanol–water partition coefficient (Wildman–Crippen LogP) is -0.312. The van der Waals surface area contributed by atoms with Crippen LogP contribution in [0.2, 0.25) is 0 Å². The standard InChI is InChI=1S/C22H23N5O8/c1-10(28)21(11(2)29,34-14-6-4-5-13(31)7-14)22(12(3)30)17(33)16(32)20(35-22)27-9-26-15-18(23)24-8-25-19(15)27/h4-9,16-17,20,31-33H,1-3H3,(H2,23,24,25)/t16-,17+,20-,22+/m1/s1. The third kappa shape index (κ3) is 3.35. The summed E-state index contributed by atoms with van der Waals surface area (Å²) >= 11 is 0. The van der Waals surface area contributed by atoms with Crippen LogP contribution in [0.15, 0.2) is 36.9 Å². The number of ether oxygens (including phenoxy) is 2. The van der Waals surface area contributed by atoms with Crippen molar-refractivity contribution in [2.24, 2.45) is 0 Å². The third-order valence-corrected chi connectivity index (χ3v) is 6.13. The summed E-state index contributed by atoms with van der Waals surface area (Å²) in [5.41, 5.74) is 0.675. The number of aliphatic hydroxyl groups is 2. The van der Waals surface area contributed by atoms with Crippen LogP contribution < -0.4 is 10.5 Å². The maximum Gasteiger partial charge on any atom is 0.262 e. The van der Waals surface area contributed by atoms with Gasteiger partial charge >= 0.3 is 0 Å². The highest BCUT2D eigenvalue weighted by Gasteiger charge is 2.74. The summed E-state index contributed by atoms with van der Waals surface area (Å²) in [5.74, 6) is -3.27. The maximum absolute atomic E-state index is 13.2. The Bertz CT molecular complexity index is 1330. The van der Waals surface area contributed by atoms with Gasteiger partial charge in [-0.15, -0.1) is 0 Å². The summed E-state index contributed by atoms with van der Waals surface area (Å²) in [7, 11) is 0. The van der Waals surface area contributed by atoms with Gasteiger partial charge in [0.2, 0.25) is 5.60 Å². The zero-order valence-electron chi connectivity index (χ0n) is 18.9. The quantitative estimate of drug-likeness (QED) is 0.319. The normalized spacial score (nSPS) is 24.4. The van der Waals surface area contributed by atoms with Gasteiger partial charge in [-0.2, -0.15) is 0 Å². The number of rotatable bonds is 7. The molecule has 0 radical (unpaired) electrons. The average molecular weight is 485 g/mol. The highest BCUT2D eigenvalue weighted by Crippen LogP contribution is 2.48. The lowest BCUT2D eigenvalue weighted by atomic mass is 9.71. The Morgan fingerprint density at radius 2 is 1.83 bits per heavy atom. The number of fused-ring (bicyclic) bond motifs is 1. The zero-order chi connectivity index (χ0) is 25.7. The molecule has 3 heterocycles. The number of imidazole rings is 1. The molecule has 5 N–H and O–H groups in total. The Kier molecular flexibility index (Phi) is 5.79. The topological polar surface area (TPSA) is 200 Å². The smallest absolute Gasteiger partial charge is 0.262 e. The minimum Gasteiger partial charge on any atom is -0.508 e. The van der Waals surface area contributed by atoms with E-state index in [1.165, 1.54) is 29.1 Å². The van der Waals surface area contributed by atoms with Crippen molar-refractivity contribution >= 4 is 34.3 Å². The molecule has 1 saturated heterocycles. The van der Waals surface area contributed by atoms with Gasteiger partial charge in [-0.05, 0) is 32.9 Å². The lowest BCUT2D eigenvalue weighted by Crippen LogP contribution is -2.73. The average Bonchev–Trinajstić information content (AvgIpc) is 3.33. The number of carbonyl (C=O) groups excluding carboxylic acids is 3. The molecular weight excluding hydrogens is 462 g/mol. The Labute approximate surface area is 198 Å². The van der Waals surface area contributed by atoms with E-state index in [1.54, 1.807) is 0 Å². The number of hydrogen-bond acceptors (Lipinski definition) is 12. The fourth-order valence-corrected chi connectivity index (χ4v) is 4.55. The molecule has 13 nitrogen and oxygen atoms in total. The molecule has 1 fully saturated rings. The molecule has 0 aliphatic carbocycles. The first-order chi connectivity index (χ1) is 16.5. The molecule has 0 amide bonds. The third-order valence-electron chi connectivity index (χ3n) is 6.13. The van der Waals surface area contributed by atoms with Gasteiger partial charge in [-0.25, -0.2) is 15.0 Å². The molecule has 1 aromatic carbocycles. The minimum atomic E-state index is -2.73. The van der Waals surface area contributed by atoms with Crippen molar-refractivity contribution in [2.75, 3.05) is 5.73 Å². The lowest BCUT2D eigenvalue weighted by molar-refractivity contribution is -0.203. The van der Waals surface area contributed by atoms with Crippen LogP contribution in [0.4, 0.5) is 5.82 Å². The number of phenolic OH excluding ortho intramolecular Hbond substituents is 1. The first kappa shape index (κ1) is 24.2. The number of aliphatic hydroxyl groups excluding tert-OH is 2. The number of benzene rings is 1. The first-order valence-corrected chi connectivity index (χ1v) is 10.5. The molecule has 2 aromatic heterocycles. The molecule has 35 heavy (non-hydrogen) atoms. The van der Waals surface area contributed by atoms with Gasteiger partial charge in [0.05, 0.1) is 6.33 Å². The van der Waals surface area contributed by atoms with E-state index >= 15 is 0 Å². The van der Waals surface area contributed by atoms with Crippen molar-refractivity contribution in [1.29, 1.82) is 0 Å². The summed E-state index contributed by atoms with van der Waals surface area (Å²) < 4.78 is 13.0. The largest absolute Gasteiger partial charge is 0.508 e. The van der Waals surface area contributed by atoms with Crippen LogP contribution in [-0.4, -0.2) is 75.6 Å². The monoisotopic (exact) mass is 485 g/mol. The van der Waals surface area contributed by atoms with E-state index in [0.717, 1.165) is 33.2 Å². The van der Waals surface area contributed by atoms with Gasteiger partial charge in [-0.3, -0.25) is 19.0 Å². The molecular formula is C22H23N5O8. The molecule has 4 atom stereocenters. The number of nitrogen functional groups attached to an aromatic ring is 1. The van der Waals surface area contributed by atoms with E-state index in [9.17, 15) is 29.7 Å². The van der Waals surface area contributed by atoms with Crippen LogP contribution in [0.1, 0.15) is 27.0 Å². The number of nitrogens with zero attached hydrogens (tertiary/aromatic N) is 4. The van der Waals surface area contributed by atoms with Gasteiger partial charge in [0.1, 0.15) is 35.6 Å². The van der Waals surface area contributed by atoms with Gasteiger partial charge in [0.15, 0.2) is 35.0 Å². The van der Waals surface area contributed by atoms with Crippen molar-refractivity contribution in [3.63, 3.8) is 0 Å². The highest BCUT2D eigenvalue weighted by atomic mass is 16.6. The predicted molar refractivity (Wildman–Crippen MR) is 118 cm³/mol. The second kappa shape index (κ2) is 8.37. The van der Waals surface area contributed by atoms with E-state index < -0.39 is 47.0 Å². The number of aromatic hydroxyl groups is 1. The molecule has 0 saturated carbocycles. The Morgan fingerprint density at radius 1 is 1.14 bits per heavy atom. The van der Waals surface area contributed by atoms with E-state index in [0.29, 0.717) is 0 Å². The lowest BCUT2D eigenvalue weighted by Gasteiger charge is -2.44. The molecule has 1 aliphatic heterocycles. The Hall–Kier alpha value is -3.94. The second-order valence-corrected chi connectivity index (χ2v) is 8.21. The van der Waals surface area contributed by atoms with Crippen molar-refractivity contribution in [2.45, 2.75) is 50.4 Å². The summed E-state index contributed by atoms with van der Waals surface area (Å²) in [6.45, 7) is 2.98. The fraction of sp³-hybridized carbons (Fsp3) is 0.364. The van der Waals surface area contributed by atoms with E-state index in [2.05, 4.69) is 15.0 Å². The van der Waals surface area contributed by atoms with E-state index in [1.807, 2.05) is 0 Å². The number of nitrogens with two attached hydrogens (primary N) is 1. The summed E-state index contributed by atoms with van der Waals surface area (Å²) in [4.78, 5) is 51.4. The van der Waals surface area contributed by atoms with Crippen molar-refractivity contribution in [1.82, 2.24) is 19.5 Å². The molecule has 184 valence electrons. The SMILES string of the molecule is CC(=O)C(Oc1cccc(O)c1)(C(C)=O)[C@@]1(C(C)=O)O[C@@H](n2cnc3c(N)ncnc32)[C@H](O)[C@@H]1O. The summed E-state index contributed by atoms with van der Waals surface area (Å²) in [6.07, 6.45) is -3.12. The Morgan fingerprint density at radius 3 is 2.43 bits per heavy atom. The zero-order valence-corrected chi connectivity index (χ0v) is 18.9. The number of aromatic nitrogens is 4. The molecule has 3 aromatic rings. The number of hydrogen-bond donors (Lipinski definition) is 4. The van der Waals surface area contributed by atoms with Crippen LogP contribution in [0, 0.1) is 0 Å². The molecule has 0 bridgehead atoms. The number of Topliss-reactive ketones (excluding diaryl/α,β-unsaturated/α-hetero) is 3. The van der Waals surface area contributed by atoms with Crippen molar-refractivity contribution in [3.05, 3.63) is 36.9 Å². The van der Waals surface area contributed by atoms with Gasteiger partial charge in [0, 0.05) is 6.07 Å². The molecule has 0 spiro atoms. The molecule has 13 heteroatoms. The van der Waals surface area contributed by atoms with Gasteiger partial charge in [0.25, 0.3) is 5.60 Å². The van der Waals surface area contributed by atoms with Crippen molar-refractivity contribution in [3.8, 4) is 11.5 Å². The van der Waals surface area contributed by atoms with E-state index in [-0.39, 0.29) is 28.5 Å². The fourth-order valence-electron chi connectivity index (χ4n) is 4.55. The molecule has 4 rings (SSSR count). The number of carbonyl (C=O) groups is 3. The van der Waals surface area contributed by atoms with Crippen LogP contribution in [0.3, 0.4) is 0 Å². The molecule has 1 aliphatic rings. The van der Waals surface area contributed by atoms with Crippen LogP contribution in [0.5, 0.6) is 11.5 Å². The second-order valence-electron chi connectivity index (χ2n) is 8.21. The maximum atomic E-state index is 13.2. The highest BCUT2D eigenvalue weighted by molar-refractivity contribution is 6.15. The Balaban J connectivity index is 1.93. The first-order valence-electron chi connectivity index (χ1n) is 10.5. The van der Waals surface area contributed by atoms with Gasteiger partial charge in [-0.1, -0.05) is 6.07 Å². The number of ketones is 3. The van der Waals surface area contributed by atoms with Crippen LogP contribution in [-0.2, 0) is 19.1 Å². The number of anilines is 1. The summed E-state index contributed by atoms with van der Waals surface area (Å²) in [6, 6.07) is 5.18. The van der Waals surface area contributed by atoms with Gasteiger partial charge < -0.3 is 30.5 Å². The molecule has 0 unspecified atom stereocenters. The van der Waals surface area contributed by atoms with E-state index in [4.69, 9.17) is 15.2 Å². The minimum absolute atomic E-state index is 0.0358. The number of phenols is 1. The van der Waals surface area contributed by atoms with Crippen LogP contribution >= 0.6 is 0 Å². The van der Waals surface area contributed by atoms with Crippen LogP contribution in [0.25, 0.3) is 11.2 Å².